The van der Waals surface area contributed by atoms with E-state index in [1.165, 1.54) is 17.4 Å². The van der Waals surface area contributed by atoms with Gasteiger partial charge in [-0.2, -0.15) is 22.6 Å². The van der Waals surface area contributed by atoms with E-state index in [2.05, 4.69) is 26.8 Å². The minimum Gasteiger partial charge on any atom is -0.291 e. The van der Waals surface area contributed by atoms with Gasteiger partial charge in [0.1, 0.15) is 5.69 Å². The lowest BCUT2D eigenvalue weighted by molar-refractivity contribution is -0.137. The predicted octanol–water partition coefficient (Wildman–Crippen LogP) is 4.05. The molecule has 2 aromatic heterocycles. The topological polar surface area (TPSA) is 108 Å². The van der Waals surface area contributed by atoms with Gasteiger partial charge in [-0.25, -0.2) is 8.42 Å². The van der Waals surface area contributed by atoms with E-state index in [9.17, 15) is 26.4 Å². The van der Waals surface area contributed by atoms with Crippen molar-refractivity contribution in [2.75, 3.05) is 13.6 Å². The van der Waals surface area contributed by atoms with Crippen LogP contribution in [0.5, 0.6) is 0 Å². The molecule has 12 heteroatoms. The number of sulfonamides is 1. The van der Waals surface area contributed by atoms with Crippen molar-refractivity contribution in [1.29, 1.82) is 0 Å². The number of carbonyl (C=O) groups excluding carboxylic acids is 1. The van der Waals surface area contributed by atoms with E-state index in [0.717, 1.165) is 29.0 Å². The smallest absolute Gasteiger partial charge is 0.291 e. The molecular formula is C24H26F3N5O3S. The number of pyridine rings is 1. The number of allylic oxidation sites excluding steroid dienone is 1. The number of ketones is 1. The number of aromatic nitrogens is 3. The summed E-state index contributed by atoms with van der Waals surface area (Å²) in [7, 11) is -2.60. The van der Waals surface area contributed by atoms with Crippen molar-refractivity contribution in [2.24, 2.45) is 10.4 Å². The van der Waals surface area contributed by atoms with Gasteiger partial charge in [-0.15, -0.1) is 0 Å². The van der Waals surface area contributed by atoms with Crippen molar-refractivity contribution in [2.45, 2.75) is 44.8 Å². The Kier molecular flexibility index (Phi) is 6.78. The van der Waals surface area contributed by atoms with Gasteiger partial charge in [0.05, 0.1) is 22.9 Å². The van der Waals surface area contributed by atoms with Crippen molar-refractivity contribution in [3.63, 3.8) is 0 Å². The number of rotatable bonds is 6. The number of Topliss-reactive ketones (excluding diaryl/α,β-unsaturated/α-hetero) is 1. The van der Waals surface area contributed by atoms with Gasteiger partial charge < -0.3 is 0 Å². The van der Waals surface area contributed by atoms with Crippen molar-refractivity contribution in [3.05, 3.63) is 65.3 Å². The third-order valence-corrected chi connectivity index (χ3v) is 9.00. The molecule has 2 aliphatic carbocycles. The van der Waals surface area contributed by atoms with Gasteiger partial charge in [-0.05, 0) is 55.5 Å². The van der Waals surface area contributed by atoms with Crippen LogP contribution in [0, 0.1) is 5.41 Å². The number of halogens is 3. The highest BCUT2D eigenvalue weighted by Gasteiger charge is 2.51. The Morgan fingerprint density at radius 3 is 2.69 bits per heavy atom. The first kappa shape index (κ1) is 26.0. The van der Waals surface area contributed by atoms with Crippen molar-refractivity contribution >= 4 is 26.9 Å². The lowest BCUT2D eigenvalue weighted by atomic mass is 9.60. The SMILES string of the molecule is C=CC(=NC)S(=O)(=O)N(CC)[C@H]1CCC2=Cc3[nH]ncc3C[C@]2(C(=O)c2ccc(C(F)(F)F)cn2)C1. The highest BCUT2D eigenvalue weighted by molar-refractivity contribution is 8.04. The van der Waals surface area contributed by atoms with Crippen LogP contribution in [-0.2, 0) is 22.6 Å². The fraction of sp³-hybridized carbons (Fsp3) is 0.417. The molecule has 4 rings (SSSR count). The largest absolute Gasteiger partial charge is 0.417 e. The number of alkyl halides is 3. The zero-order valence-electron chi connectivity index (χ0n) is 19.8. The van der Waals surface area contributed by atoms with E-state index >= 15 is 0 Å². The lowest BCUT2D eigenvalue weighted by Crippen LogP contribution is -2.51. The van der Waals surface area contributed by atoms with Crippen molar-refractivity contribution in [1.82, 2.24) is 19.5 Å². The quantitative estimate of drug-likeness (QED) is 0.351. The maximum absolute atomic E-state index is 14.0. The second kappa shape index (κ2) is 9.40. The molecule has 2 aliphatic rings. The van der Waals surface area contributed by atoms with Crippen LogP contribution in [0.2, 0.25) is 0 Å². The van der Waals surface area contributed by atoms with Gasteiger partial charge in [0.25, 0.3) is 10.0 Å². The molecule has 0 spiro atoms. The van der Waals surface area contributed by atoms with Crippen LogP contribution in [0.25, 0.3) is 6.08 Å². The van der Waals surface area contributed by atoms with Gasteiger partial charge in [-0.3, -0.25) is 19.9 Å². The van der Waals surface area contributed by atoms with Crippen LogP contribution < -0.4 is 0 Å². The number of nitrogens with one attached hydrogen (secondary N) is 1. The molecule has 1 N–H and O–H groups in total. The van der Waals surface area contributed by atoms with Gasteiger partial charge >= 0.3 is 6.18 Å². The number of H-pyrrole nitrogens is 1. The molecule has 192 valence electrons. The molecule has 0 aromatic carbocycles. The Morgan fingerprint density at radius 2 is 2.11 bits per heavy atom. The van der Waals surface area contributed by atoms with E-state index in [-0.39, 0.29) is 30.1 Å². The van der Waals surface area contributed by atoms with Gasteiger partial charge in [-0.1, -0.05) is 19.1 Å². The summed E-state index contributed by atoms with van der Waals surface area (Å²) in [5.74, 6) is -0.444. The summed E-state index contributed by atoms with van der Waals surface area (Å²) < 4.78 is 67.1. The van der Waals surface area contributed by atoms with E-state index in [1.54, 1.807) is 13.1 Å². The summed E-state index contributed by atoms with van der Waals surface area (Å²) in [6.45, 7) is 5.41. The zero-order valence-corrected chi connectivity index (χ0v) is 20.7. The average Bonchev–Trinajstić information content (AvgIpc) is 3.29. The number of nitrogens with zero attached hydrogens (tertiary/aromatic N) is 4. The number of fused-ring (bicyclic) bond motifs is 2. The van der Waals surface area contributed by atoms with Crippen LogP contribution in [0.1, 0.15) is 53.5 Å². The number of aromatic amines is 1. The van der Waals surface area contributed by atoms with E-state index < -0.39 is 39.0 Å². The van der Waals surface area contributed by atoms with Crippen LogP contribution >= 0.6 is 0 Å². The maximum atomic E-state index is 14.0. The standard InChI is InChI=1S/C24H26F3N5O3S/c1-4-21(28-3)36(34,35)32(5-2)18-8-6-16-10-20-15(13-30-31-20)11-23(16,12-18)22(33)19-9-7-17(14-29-19)24(25,26)27/h4,7,9-10,13-14,18H,1,5-6,8,11-12H2,2-3H3,(H,30,31)/t18-,23-/m0/s1. The summed E-state index contributed by atoms with van der Waals surface area (Å²) in [4.78, 5) is 21.7. The highest BCUT2D eigenvalue weighted by Crippen LogP contribution is 2.50. The Labute approximate surface area is 207 Å². The predicted molar refractivity (Wildman–Crippen MR) is 129 cm³/mol. The molecule has 36 heavy (non-hydrogen) atoms. The van der Waals surface area contributed by atoms with Gasteiger partial charge in [0.2, 0.25) is 0 Å². The van der Waals surface area contributed by atoms with Crippen LogP contribution in [0.3, 0.4) is 0 Å². The molecule has 0 amide bonds. The minimum absolute atomic E-state index is 0.102. The molecule has 2 atom stereocenters. The van der Waals surface area contributed by atoms with Crippen molar-refractivity contribution in [3.8, 4) is 0 Å². The number of carbonyl (C=O) groups is 1. The first-order valence-corrected chi connectivity index (χ1v) is 12.8. The molecule has 0 bridgehead atoms. The number of aliphatic imine (C=N–C) groups is 1. The van der Waals surface area contributed by atoms with Crippen LogP contribution in [0.15, 0.2) is 47.7 Å². The Morgan fingerprint density at radius 1 is 1.36 bits per heavy atom. The summed E-state index contributed by atoms with van der Waals surface area (Å²) in [5, 5.41) is 6.79. The molecule has 1 saturated carbocycles. The molecule has 0 saturated heterocycles. The second-order valence-corrected chi connectivity index (χ2v) is 10.7. The van der Waals surface area contributed by atoms with Gasteiger partial charge in [0, 0.05) is 25.8 Å². The molecule has 8 nitrogen and oxygen atoms in total. The van der Waals surface area contributed by atoms with Crippen LogP contribution in [-0.4, -0.2) is 58.4 Å². The third kappa shape index (κ3) is 4.32. The number of hydrogen-bond acceptors (Lipinski definition) is 6. The average molecular weight is 522 g/mol. The Bertz CT molecular complexity index is 1350. The summed E-state index contributed by atoms with van der Waals surface area (Å²) in [6, 6.07) is 1.38. The van der Waals surface area contributed by atoms with E-state index in [1.807, 2.05) is 6.08 Å². The van der Waals surface area contributed by atoms with E-state index in [0.29, 0.717) is 19.0 Å². The third-order valence-electron chi connectivity index (χ3n) is 6.95. The fourth-order valence-corrected chi connectivity index (χ4v) is 6.84. The second-order valence-electron chi connectivity index (χ2n) is 8.87. The molecule has 0 radical (unpaired) electrons. The molecular weight excluding hydrogens is 495 g/mol. The Balaban J connectivity index is 1.78. The summed E-state index contributed by atoms with van der Waals surface area (Å²) >= 11 is 0. The maximum Gasteiger partial charge on any atom is 0.417 e. The zero-order chi connectivity index (χ0) is 26.3. The minimum atomic E-state index is -4.58. The first-order valence-electron chi connectivity index (χ1n) is 11.4. The van der Waals surface area contributed by atoms with Gasteiger partial charge in [0.15, 0.2) is 10.8 Å². The van der Waals surface area contributed by atoms with Crippen molar-refractivity contribution < 1.29 is 26.4 Å². The fourth-order valence-electron chi connectivity index (χ4n) is 5.24. The lowest BCUT2D eigenvalue weighted by Gasteiger charge is -2.46. The molecule has 2 aromatic rings. The highest BCUT2D eigenvalue weighted by atomic mass is 32.2. The Hall–Kier alpha value is -3.12. The molecule has 0 unspecified atom stereocenters. The molecule has 0 aliphatic heterocycles. The summed E-state index contributed by atoms with van der Waals surface area (Å²) in [5.41, 5.74) is 0.0890. The molecule has 1 fully saturated rings. The number of hydrogen-bond donors (Lipinski definition) is 1. The normalized spacial score (nSPS) is 22.6. The van der Waals surface area contributed by atoms with Crippen LogP contribution in [0.4, 0.5) is 13.2 Å². The van der Waals surface area contributed by atoms with E-state index in [4.69, 9.17) is 0 Å². The molecule has 2 heterocycles. The first-order chi connectivity index (χ1) is 17.0. The monoisotopic (exact) mass is 521 g/mol. The summed E-state index contributed by atoms with van der Waals surface area (Å²) in [6.07, 6.45) is 1.97.